The Bertz CT molecular complexity index is 759. The fraction of sp³-hybridized carbons (Fsp3) is 0.125. The van der Waals surface area contributed by atoms with E-state index in [-0.39, 0.29) is 6.61 Å². The summed E-state index contributed by atoms with van der Waals surface area (Å²) in [5.41, 5.74) is 1.87. The number of aliphatic hydroxyl groups excluding tert-OH is 1. The average molecular weight is 391 g/mol. The van der Waals surface area contributed by atoms with E-state index in [2.05, 4.69) is 37.9 Å². The van der Waals surface area contributed by atoms with E-state index in [4.69, 9.17) is 5.11 Å². The maximum Gasteiger partial charge on any atom is 0.162 e. The van der Waals surface area contributed by atoms with Gasteiger partial charge in [-0.25, -0.2) is 9.97 Å². The highest BCUT2D eigenvalue weighted by atomic mass is 127. The molecule has 1 heterocycles. The molecule has 0 aliphatic heterocycles. The van der Waals surface area contributed by atoms with Crippen LogP contribution in [0.5, 0.6) is 0 Å². The lowest BCUT2D eigenvalue weighted by Crippen LogP contribution is -2.08. The summed E-state index contributed by atoms with van der Waals surface area (Å²) in [4.78, 5) is 9.23. The lowest BCUT2D eigenvalue weighted by Gasteiger charge is -2.10. The van der Waals surface area contributed by atoms with Gasteiger partial charge in [0.25, 0.3) is 0 Å². The number of benzene rings is 2. The molecule has 106 valence electrons. The first-order chi connectivity index (χ1) is 10.3. The molecular weight excluding hydrogens is 377 g/mol. The number of rotatable bonds is 4. The van der Waals surface area contributed by atoms with Crippen molar-refractivity contribution < 1.29 is 5.11 Å². The number of hydrogen-bond donors (Lipinski definition) is 2. The Hall–Kier alpha value is -1.73. The van der Waals surface area contributed by atoms with Crippen LogP contribution in [0.25, 0.3) is 22.3 Å². The summed E-state index contributed by atoms with van der Waals surface area (Å²) < 4.78 is 1.18. The number of fused-ring (bicyclic) bond motifs is 1. The summed E-state index contributed by atoms with van der Waals surface area (Å²) in [7, 11) is 0. The number of aliphatic hydroxyl groups is 1. The third-order valence-electron chi connectivity index (χ3n) is 3.11. The molecule has 0 bridgehead atoms. The first kappa shape index (κ1) is 14.2. The normalized spacial score (nSPS) is 10.8. The number of anilines is 1. The maximum absolute atomic E-state index is 9.01. The molecule has 0 aliphatic rings. The van der Waals surface area contributed by atoms with Crippen LogP contribution in [0.3, 0.4) is 0 Å². The van der Waals surface area contributed by atoms with Crippen molar-refractivity contribution in [3.05, 3.63) is 52.1 Å². The van der Waals surface area contributed by atoms with Crippen LogP contribution >= 0.6 is 22.6 Å². The first-order valence-electron chi connectivity index (χ1n) is 6.65. The minimum Gasteiger partial charge on any atom is -0.395 e. The lowest BCUT2D eigenvalue weighted by molar-refractivity contribution is 0.311. The molecule has 0 atom stereocenters. The van der Waals surface area contributed by atoms with Gasteiger partial charge >= 0.3 is 0 Å². The molecule has 0 spiro atoms. The smallest absolute Gasteiger partial charge is 0.162 e. The second kappa shape index (κ2) is 6.36. The van der Waals surface area contributed by atoms with Crippen LogP contribution in [0, 0.1) is 3.57 Å². The fourth-order valence-electron chi connectivity index (χ4n) is 2.11. The number of para-hydroxylation sites is 1. The lowest BCUT2D eigenvalue weighted by atomic mass is 10.2. The molecule has 0 saturated carbocycles. The molecule has 2 N–H and O–H groups in total. The van der Waals surface area contributed by atoms with Crippen LogP contribution in [-0.2, 0) is 0 Å². The Morgan fingerprint density at radius 1 is 1.00 bits per heavy atom. The van der Waals surface area contributed by atoms with Crippen LogP contribution in [0.2, 0.25) is 0 Å². The van der Waals surface area contributed by atoms with Gasteiger partial charge < -0.3 is 10.4 Å². The van der Waals surface area contributed by atoms with Crippen LogP contribution in [-0.4, -0.2) is 28.2 Å². The molecule has 1 aromatic heterocycles. The number of nitrogens with zero attached hydrogens (tertiary/aromatic N) is 2. The number of nitrogens with one attached hydrogen (secondary N) is 1. The largest absolute Gasteiger partial charge is 0.395 e. The van der Waals surface area contributed by atoms with Crippen molar-refractivity contribution in [2.45, 2.75) is 0 Å². The van der Waals surface area contributed by atoms with E-state index in [0.29, 0.717) is 12.4 Å². The Balaban J connectivity index is 2.12. The van der Waals surface area contributed by atoms with Crippen LogP contribution in [0.1, 0.15) is 0 Å². The molecular formula is C16H14IN3O. The zero-order chi connectivity index (χ0) is 14.7. The van der Waals surface area contributed by atoms with Crippen molar-refractivity contribution in [3.8, 4) is 11.4 Å². The van der Waals surface area contributed by atoms with E-state index in [1.165, 1.54) is 3.57 Å². The molecule has 0 amide bonds. The maximum atomic E-state index is 9.01. The van der Waals surface area contributed by atoms with Gasteiger partial charge in [0.1, 0.15) is 5.82 Å². The predicted octanol–water partition coefficient (Wildman–Crippen LogP) is 3.31. The van der Waals surface area contributed by atoms with Gasteiger partial charge in [0.2, 0.25) is 0 Å². The highest BCUT2D eigenvalue weighted by Gasteiger charge is 2.08. The molecule has 0 fully saturated rings. The van der Waals surface area contributed by atoms with Gasteiger partial charge in [-0.3, -0.25) is 0 Å². The Kier molecular flexibility index (Phi) is 4.31. The van der Waals surface area contributed by atoms with Crippen molar-refractivity contribution >= 4 is 39.3 Å². The Morgan fingerprint density at radius 2 is 1.76 bits per heavy atom. The zero-order valence-electron chi connectivity index (χ0n) is 11.3. The molecule has 21 heavy (non-hydrogen) atoms. The second-order valence-corrected chi connectivity index (χ2v) is 5.82. The van der Waals surface area contributed by atoms with E-state index in [0.717, 1.165) is 22.3 Å². The van der Waals surface area contributed by atoms with E-state index >= 15 is 0 Å². The van der Waals surface area contributed by atoms with Crippen molar-refractivity contribution in [2.24, 2.45) is 0 Å². The van der Waals surface area contributed by atoms with Gasteiger partial charge in [-0.15, -0.1) is 0 Å². The van der Waals surface area contributed by atoms with Crippen LogP contribution in [0.15, 0.2) is 48.5 Å². The van der Waals surface area contributed by atoms with E-state index in [9.17, 15) is 0 Å². The van der Waals surface area contributed by atoms with Crippen molar-refractivity contribution in [1.82, 2.24) is 9.97 Å². The Labute approximate surface area is 136 Å². The molecule has 0 radical (unpaired) electrons. The molecule has 2 aromatic carbocycles. The van der Waals surface area contributed by atoms with Gasteiger partial charge in [-0.05, 0) is 46.9 Å². The van der Waals surface area contributed by atoms with Crippen LogP contribution in [0.4, 0.5) is 5.82 Å². The van der Waals surface area contributed by atoms with E-state index in [1.54, 1.807) is 0 Å². The van der Waals surface area contributed by atoms with Crippen molar-refractivity contribution in [1.29, 1.82) is 0 Å². The van der Waals surface area contributed by atoms with E-state index in [1.807, 2.05) is 48.5 Å². The minimum absolute atomic E-state index is 0.0667. The molecule has 3 aromatic rings. The van der Waals surface area contributed by atoms with Gasteiger partial charge in [0.15, 0.2) is 5.82 Å². The molecule has 3 rings (SSSR count). The zero-order valence-corrected chi connectivity index (χ0v) is 13.4. The summed E-state index contributed by atoms with van der Waals surface area (Å²) in [5.74, 6) is 1.44. The second-order valence-electron chi connectivity index (χ2n) is 4.57. The van der Waals surface area contributed by atoms with Crippen LogP contribution < -0.4 is 5.32 Å². The van der Waals surface area contributed by atoms with Gasteiger partial charge in [-0.2, -0.15) is 0 Å². The molecule has 0 saturated heterocycles. The third-order valence-corrected chi connectivity index (χ3v) is 3.83. The van der Waals surface area contributed by atoms with Gasteiger partial charge in [0.05, 0.1) is 12.1 Å². The highest BCUT2D eigenvalue weighted by molar-refractivity contribution is 14.1. The molecule has 0 unspecified atom stereocenters. The molecule has 4 nitrogen and oxygen atoms in total. The highest BCUT2D eigenvalue weighted by Crippen LogP contribution is 2.25. The Morgan fingerprint density at radius 3 is 2.52 bits per heavy atom. The molecule has 0 aliphatic carbocycles. The SMILES string of the molecule is OCCNc1nc(-c2ccc(I)cc2)nc2ccccc12. The van der Waals surface area contributed by atoms with Gasteiger partial charge in [0, 0.05) is 21.1 Å². The summed E-state index contributed by atoms with van der Waals surface area (Å²) >= 11 is 2.27. The van der Waals surface area contributed by atoms with Gasteiger partial charge in [-0.1, -0.05) is 24.3 Å². The third kappa shape index (κ3) is 3.14. The standard InChI is InChI=1S/C16H14IN3O/c17-12-7-5-11(6-8-12)15-19-14-4-2-1-3-13(14)16(20-15)18-9-10-21/h1-8,21H,9-10H2,(H,18,19,20). The quantitative estimate of drug-likeness (QED) is 0.671. The summed E-state index contributed by atoms with van der Waals surface area (Å²) in [6.45, 7) is 0.532. The van der Waals surface area contributed by atoms with Crippen molar-refractivity contribution in [2.75, 3.05) is 18.5 Å². The van der Waals surface area contributed by atoms with E-state index < -0.39 is 0 Å². The minimum atomic E-state index is 0.0667. The summed E-state index contributed by atoms with van der Waals surface area (Å²) in [6.07, 6.45) is 0. The predicted molar refractivity (Wildman–Crippen MR) is 93.3 cm³/mol. The summed E-state index contributed by atoms with van der Waals surface area (Å²) in [6, 6.07) is 16.0. The topological polar surface area (TPSA) is 58.0 Å². The first-order valence-corrected chi connectivity index (χ1v) is 7.73. The number of aromatic nitrogens is 2. The summed E-state index contributed by atoms with van der Waals surface area (Å²) in [5, 5.41) is 13.1. The molecule has 5 heteroatoms. The monoisotopic (exact) mass is 391 g/mol. The fourth-order valence-corrected chi connectivity index (χ4v) is 2.47. The number of hydrogen-bond acceptors (Lipinski definition) is 4. The average Bonchev–Trinajstić information content (AvgIpc) is 2.53. The number of halogens is 1. The van der Waals surface area contributed by atoms with Crippen molar-refractivity contribution in [3.63, 3.8) is 0 Å².